The van der Waals surface area contributed by atoms with Gasteiger partial charge in [0.15, 0.2) is 0 Å². The normalized spacial score (nSPS) is 12.0. The minimum absolute atomic E-state index is 0.285. The van der Waals surface area contributed by atoms with E-state index in [1.165, 1.54) is 15.6 Å². The number of nitrogens with zero attached hydrogens (tertiary/aromatic N) is 1. The molecule has 0 aliphatic heterocycles. The highest BCUT2D eigenvalue weighted by Gasteiger charge is 2.24. The van der Waals surface area contributed by atoms with Crippen molar-refractivity contribution in [1.29, 1.82) is 0 Å². The van der Waals surface area contributed by atoms with Crippen molar-refractivity contribution in [2.75, 3.05) is 33.4 Å². The lowest BCUT2D eigenvalue weighted by Gasteiger charge is -2.19. The van der Waals surface area contributed by atoms with Gasteiger partial charge in [0, 0.05) is 31.6 Å². The zero-order chi connectivity index (χ0) is 15.7. The molecule has 0 saturated heterocycles. The Morgan fingerprint density at radius 2 is 2.24 bits per heavy atom. The average molecular weight is 332 g/mol. The quantitative estimate of drug-likeness (QED) is 0.498. The molecule has 1 heterocycles. The van der Waals surface area contributed by atoms with Gasteiger partial charge in [0.2, 0.25) is 0 Å². The zero-order valence-corrected chi connectivity index (χ0v) is 14.3. The Bertz CT molecular complexity index is 526. The fraction of sp³-hybridized carbons (Fsp3) is 0.571. The molecular formula is C14H24N2O3S2. The molecule has 0 aliphatic rings. The lowest BCUT2D eigenvalue weighted by Crippen LogP contribution is -2.33. The zero-order valence-electron chi connectivity index (χ0n) is 12.7. The largest absolute Gasteiger partial charge is 0.383 e. The highest BCUT2D eigenvalue weighted by Crippen LogP contribution is 2.24. The summed E-state index contributed by atoms with van der Waals surface area (Å²) in [5.74, 6) is 0. The van der Waals surface area contributed by atoms with Gasteiger partial charge in [0.1, 0.15) is 4.21 Å². The second kappa shape index (κ2) is 9.32. The van der Waals surface area contributed by atoms with E-state index in [0.29, 0.717) is 23.9 Å². The van der Waals surface area contributed by atoms with Crippen molar-refractivity contribution >= 4 is 21.4 Å². The van der Waals surface area contributed by atoms with Crippen molar-refractivity contribution in [3.63, 3.8) is 0 Å². The van der Waals surface area contributed by atoms with E-state index >= 15 is 0 Å². The molecule has 1 N–H and O–H groups in total. The second-order valence-corrected chi connectivity index (χ2v) is 7.88. The maximum absolute atomic E-state index is 12.6. The SMILES string of the molecule is C=CCN(CCOC)S(=O)(=O)c1ccc(CNCCC)s1. The van der Waals surface area contributed by atoms with Gasteiger partial charge in [0.05, 0.1) is 6.61 Å². The molecule has 1 rings (SSSR count). The third-order valence-electron chi connectivity index (χ3n) is 2.83. The summed E-state index contributed by atoms with van der Waals surface area (Å²) in [4.78, 5) is 1.02. The first-order valence-corrected chi connectivity index (χ1v) is 9.21. The van der Waals surface area contributed by atoms with Crippen LogP contribution < -0.4 is 5.32 Å². The van der Waals surface area contributed by atoms with Crippen molar-refractivity contribution in [1.82, 2.24) is 9.62 Å². The van der Waals surface area contributed by atoms with Crippen LogP contribution in [0.5, 0.6) is 0 Å². The van der Waals surface area contributed by atoms with E-state index in [1.54, 1.807) is 19.3 Å². The number of methoxy groups -OCH3 is 1. The van der Waals surface area contributed by atoms with Gasteiger partial charge in [-0.2, -0.15) is 4.31 Å². The number of hydrogen-bond donors (Lipinski definition) is 1. The first-order chi connectivity index (χ1) is 10.1. The fourth-order valence-electron chi connectivity index (χ4n) is 1.75. The molecule has 0 spiro atoms. The van der Waals surface area contributed by atoms with Gasteiger partial charge in [-0.1, -0.05) is 13.0 Å². The first kappa shape index (κ1) is 18.3. The van der Waals surface area contributed by atoms with Gasteiger partial charge in [0.25, 0.3) is 10.0 Å². The van der Waals surface area contributed by atoms with Crippen LogP contribution in [0.25, 0.3) is 0 Å². The summed E-state index contributed by atoms with van der Waals surface area (Å²) in [5, 5.41) is 3.27. The highest BCUT2D eigenvalue weighted by atomic mass is 32.2. The molecule has 0 aliphatic carbocycles. The molecule has 1 aromatic heterocycles. The Labute approximate surface area is 131 Å². The van der Waals surface area contributed by atoms with Crippen LogP contribution >= 0.6 is 11.3 Å². The predicted octanol–water partition coefficient (Wildman–Crippen LogP) is 2.07. The molecule has 5 nitrogen and oxygen atoms in total. The minimum atomic E-state index is -3.47. The molecule has 0 atom stereocenters. The summed E-state index contributed by atoms with van der Waals surface area (Å²) in [6.07, 6.45) is 2.64. The lowest BCUT2D eigenvalue weighted by molar-refractivity contribution is 0.182. The Morgan fingerprint density at radius 1 is 1.48 bits per heavy atom. The van der Waals surface area contributed by atoms with Crippen LogP contribution in [0.2, 0.25) is 0 Å². The van der Waals surface area contributed by atoms with E-state index in [4.69, 9.17) is 4.74 Å². The number of sulfonamides is 1. The summed E-state index contributed by atoms with van der Waals surface area (Å²) in [7, 11) is -1.92. The first-order valence-electron chi connectivity index (χ1n) is 6.95. The molecule has 0 radical (unpaired) electrons. The Hall–Kier alpha value is -0.730. The van der Waals surface area contributed by atoms with Crippen LogP contribution in [0.3, 0.4) is 0 Å². The molecule has 0 unspecified atom stereocenters. The number of rotatable bonds is 11. The van der Waals surface area contributed by atoms with Crippen molar-refractivity contribution in [2.45, 2.75) is 24.1 Å². The van der Waals surface area contributed by atoms with Gasteiger partial charge >= 0.3 is 0 Å². The summed E-state index contributed by atoms with van der Waals surface area (Å²) in [6, 6.07) is 3.54. The second-order valence-electron chi connectivity index (χ2n) is 4.54. The molecule has 120 valence electrons. The molecule has 0 fully saturated rings. The molecule has 0 bridgehead atoms. The van der Waals surface area contributed by atoms with Crippen LogP contribution in [0.1, 0.15) is 18.2 Å². The predicted molar refractivity (Wildman–Crippen MR) is 87.1 cm³/mol. The molecule has 0 aromatic carbocycles. The summed E-state index contributed by atoms with van der Waals surface area (Å²) in [5.41, 5.74) is 0. The maximum Gasteiger partial charge on any atom is 0.252 e. The van der Waals surface area contributed by atoms with Crippen molar-refractivity contribution < 1.29 is 13.2 Å². The van der Waals surface area contributed by atoms with Crippen LogP contribution in [-0.4, -0.2) is 46.1 Å². The Morgan fingerprint density at radius 3 is 2.86 bits per heavy atom. The van der Waals surface area contributed by atoms with E-state index in [-0.39, 0.29) is 6.54 Å². The molecule has 21 heavy (non-hydrogen) atoms. The fourth-order valence-corrected chi connectivity index (χ4v) is 4.63. The molecule has 1 aromatic rings. The van der Waals surface area contributed by atoms with Crippen LogP contribution in [0.15, 0.2) is 29.0 Å². The summed E-state index contributed by atoms with van der Waals surface area (Å²) < 4.78 is 31.9. The van der Waals surface area contributed by atoms with Crippen LogP contribution in [0.4, 0.5) is 0 Å². The van der Waals surface area contributed by atoms with Crippen LogP contribution in [0, 0.1) is 0 Å². The topological polar surface area (TPSA) is 58.6 Å². The smallest absolute Gasteiger partial charge is 0.252 e. The van der Waals surface area contributed by atoms with E-state index in [9.17, 15) is 8.42 Å². The van der Waals surface area contributed by atoms with Crippen molar-refractivity contribution in [3.05, 3.63) is 29.7 Å². The summed E-state index contributed by atoms with van der Waals surface area (Å²) in [6.45, 7) is 8.32. The van der Waals surface area contributed by atoms with E-state index in [2.05, 4.69) is 18.8 Å². The van der Waals surface area contributed by atoms with Crippen LogP contribution in [-0.2, 0) is 21.3 Å². The van der Waals surface area contributed by atoms with Crippen molar-refractivity contribution in [2.24, 2.45) is 0 Å². The van der Waals surface area contributed by atoms with E-state index < -0.39 is 10.0 Å². The van der Waals surface area contributed by atoms with Gasteiger partial charge in [-0.3, -0.25) is 0 Å². The number of hydrogen-bond acceptors (Lipinski definition) is 5. The van der Waals surface area contributed by atoms with Gasteiger partial charge in [-0.25, -0.2) is 8.42 Å². The van der Waals surface area contributed by atoms with Gasteiger partial charge < -0.3 is 10.1 Å². The number of ether oxygens (including phenoxy) is 1. The van der Waals surface area contributed by atoms with Crippen molar-refractivity contribution in [3.8, 4) is 0 Å². The summed E-state index contributed by atoms with van der Waals surface area (Å²) >= 11 is 1.31. The standard InChI is InChI=1S/C14H24N2O3S2/c1-4-8-15-12-13-6-7-14(20-13)21(17,18)16(9-5-2)10-11-19-3/h5-7,15H,2,4,8-12H2,1,3H3. The Balaban J connectivity index is 2.81. The average Bonchev–Trinajstić information content (AvgIpc) is 2.93. The van der Waals surface area contributed by atoms with E-state index in [0.717, 1.165) is 17.8 Å². The molecule has 0 saturated carbocycles. The highest BCUT2D eigenvalue weighted by molar-refractivity contribution is 7.91. The number of thiophene rings is 1. The molecule has 7 heteroatoms. The van der Waals surface area contributed by atoms with E-state index in [1.807, 2.05) is 6.07 Å². The third kappa shape index (κ3) is 5.52. The van der Waals surface area contributed by atoms with Gasteiger partial charge in [-0.05, 0) is 25.1 Å². The Kier molecular flexibility index (Phi) is 8.13. The van der Waals surface area contributed by atoms with Gasteiger partial charge in [-0.15, -0.1) is 17.9 Å². The molecule has 0 amide bonds. The molecular weight excluding hydrogens is 308 g/mol. The monoisotopic (exact) mass is 332 g/mol. The lowest BCUT2D eigenvalue weighted by atomic mass is 10.4. The number of nitrogens with one attached hydrogen (secondary N) is 1. The minimum Gasteiger partial charge on any atom is -0.383 e. The maximum atomic E-state index is 12.6. The third-order valence-corrected chi connectivity index (χ3v) is 6.25.